The molecule has 0 fully saturated rings. The third-order valence-corrected chi connectivity index (χ3v) is 4.25. The van der Waals surface area contributed by atoms with Crippen molar-refractivity contribution in [1.82, 2.24) is 0 Å². The number of rotatable bonds is 4. The molecule has 3 N–H and O–H groups in total. The molecule has 0 unspecified atom stereocenters. The van der Waals surface area contributed by atoms with E-state index in [1.807, 2.05) is 45.3 Å². The van der Waals surface area contributed by atoms with Gasteiger partial charge < -0.3 is 21.0 Å². The van der Waals surface area contributed by atoms with E-state index in [2.05, 4.69) is 5.32 Å². The first-order valence-corrected chi connectivity index (χ1v) is 8.68. The van der Waals surface area contributed by atoms with Gasteiger partial charge in [-0.2, -0.15) is 0 Å². The number of carboxylic acid groups (broad SMARTS) is 1. The quantitative estimate of drug-likeness (QED) is 0.680. The Bertz CT molecular complexity index is 1000. The molecular weight excluding hydrogens is 354 g/mol. The van der Waals surface area contributed by atoms with Crippen molar-refractivity contribution in [2.24, 2.45) is 12.8 Å². The number of pyridine rings is 1. The minimum atomic E-state index is -1.18. The summed E-state index contributed by atoms with van der Waals surface area (Å²) in [5, 5.41) is 14.2. The number of para-hydroxylation sites is 1. The molecule has 0 saturated carbocycles. The maximum Gasteiger partial charge on any atom is 0.254 e. The molecule has 1 amide bonds. The fourth-order valence-electron chi connectivity index (χ4n) is 2.54. The van der Waals surface area contributed by atoms with Crippen LogP contribution in [0.15, 0.2) is 67.0 Å². The van der Waals surface area contributed by atoms with Crippen LogP contribution in [0.3, 0.4) is 0 Å². The Hall–Kier alpha value is -3.67. The second kappa shape index (κ2) is 9.32. The van der Waals surface area contributed by atoms with E-state index in [0.717, 1.165) is 16.8 Å². The lowest BCUT2D eigenvalue weighted by Gasteiger charge is -2.15. The number of carbonyl (C=O) groups excluding carboxylic acids is 2. The number of amides is 1. The van der Waals surface area contributed by atoms with Gasteiger partial charge in [0.2, 0.25) is 0 Å². The van der Waals surface area contributed by atoms with Crippen molar-refractivity contribution in [3.8, 4) is 0 Å². The van der Waals surface area contributed by atoms with Gasteiger partial charge in [0.05, 0.1) is 5.97 Å². The molecule has 3 rings (SSSR count). The lowest BCUT2D eigenvalue weighted by atomic mass is 10.1. The van der Waals surface area contributed by atoms with Gasteiger partial charge in [-0.05, 0) is 43.2 Å². The van der Waals surface area contributed by atoms with E-state index >= 15 is 0 Å². The first kappa shape index (κ1) is 20.6. The number of nitrogens with one attached hydrogen (secondary N) is 1. The molecule has 0 bridgehead atoms. The van der Waals surface area contributed by atoms with Crippen molar-refractivity contribution in [1.29, 1.82) is 0 Å². The zero-order chi connectivity index (χ0) is 20.7. The fourth-order valence-corrected chi connectivity index (χ4v) is 2.54. The van der Waals surface area contributed by atoms with Crippen LogP contribution < -0.4 is 20.7 Å². The Morgan fingerprint density at radius 1 is 0.964 bits per heavy atom. The maximum absolute atomic E-state index is 11.0. The molecule has 28 heavy (non-hydrogen) atoms. The summed E-state index contributed by atoms with van der Waals surface area (Å²) in [6, 6.07) is 16.1. The van der Waals surface area contributed by atoms with Crippen LogP contribution in [-0.2, 0) is 7.05 Å². The minimum absolute atomic E-state index is 0.165. The van der Waals surface area contributed by atoms with Crippen LogP contribution >= 0.6 is 0 Å². The fraction of sp³-hybridized carbons (Fsp3) is 0.136. The summed E-state index contributed by atoms with van der Waals surface area (Å²) in [5.41, 5.74) is 9.44. The van der Waals surface area contributed by atoms with Gasteiger partial charge >= 0.3 is 0 Å². The van der Waals surface area contributed by atoms with Crippen LogP contribution in [0.1, 0.15) is 31.8 Å². The van der Waals surface area contributed by atoms with Crippen molar-refractivity contribution in [3.05, 3.63) is 89.2 Å². The number of hydrogen-bond acceptors (Lipinski definition) is 4. The molecule has 2 aromatic carbocycles. The lowest BCUT2D eigenvalue weighted by Crippen LogP contribution is -2.28. The van der Waals surface area contributed by atoms with Gasteiger partial charge in [0.1, 0.15) is 12.6 Å². The van der Waals surface area contributed by atoms with E-state index in [4.69, 9.17) is 5.73 Å². The summed E-state index contributed by atoms with van der Waals surface area (Å²) < 4.78 is 1.78. The Morgan fingerprint density at radius 2 is 1.64 bits per heavy atom. The van der Waals surface area contributed by atoms with Crippen molar-refractivity contribution in [2.75, 3.05) is 5.32 Å². The number of carbonyl (C=O) groups is 2. The predicted octanol–water partition coefficient (Wildman–Crippen LogP) is 2.02. The predicted molar refractivity (Wildman–Crippen MR) is 106 cm³/mol. The lowest BCUT2D eigenvalue weighted by molar-refractivity contribution is -0.671. The number of primary amides is 1. The SMILES string of the molecule is C[n+]1cccc(C(N)=O)c1.Cc1cccc(Nc2ccccc2C(=O)[O-])c1C. The summed E-state index contributed by atoms with van der Waals surface area (Å²) in [7, 11) is 1.84. The number of benzene rings is 2. The average Bonchev–Trinajstić information content (AvgIpc) is 2.66. The smallest absolute Gasteiger partial charge is 0.254 e. The molecule has 6 nitrogen and oxygen atoms in total. The number of anilines is 2. The van der Waals surface area contributed by atoms with E-state index in [1.54, 1.807) is 41.1 Å². The van der Waals surface area contributed by atoms with Gasteiger partial charge in [-0.25, -0.2) is 4.57 Å². The van der Waals surface area contributed by atoms with Crippen LogP contribution in [-0.4, -0.2) is 11.9 Å². The van der Waals surface area contributed by atoms with E-state index in [-0.39, 0.29) is 5.56 Å². The molecule has 0 aliphatic carbocycles. The molecule has 0 atom stereocenters. The molecule has 3 aromatic rings. The number of aryl methyl sites for hydroxylation is 2. The summed E-state index contributed by atoms with van der Waals surface area (Å²) in [5.74, 6) is -1.57. The van der Waals surface area contributed by atoms with Crippen LogP contribution in [0.5, 0.6) is 0 Å². The Kier molecular flexibility index (Phi) is 6.87. The van der Waals surface area contributed by atoms with Crippen LogP contribution in [0.2, 0.25) is 0 Å². The standard InChI is InChI=1S/C15H15NO2.C7H8N2O/c1-10-6-5-9-13(11(10)2)16-14-8-4-3-7-12(14)15(17)18;1-9-4-2-3-6(5-9)7(8)10/h3-9,16H,1-2H3,(H,17,18);2-5H,1H3,(H-,8,10). The van der Waals surface area contributed by atoms with E-state index in [0.29, 0.717) is 11.3 Å². The topological polar surface area (TPSA) is 99.1 Å². The molecule has 144 valence electrons. The van der Waals surface area contributed by atoms with Crippen LogP contribution in [0, 0.1) is 13.8 Å². The molecule has 0 saturated heterocycles. The average molecular weight is 377 g/mol. The molecule has 6 heteroatoms. The van der Waals surface area contributed by atoms with Crippen LogP contribution in [0.25, 0.3) is 0 Å². The minimum Gasteiger partial charge on any atom is -0.545 e. The summed E-state index contributed by atoms with van der Waals surface area (Å²) in [4.78, 5) is 21.6. The van der Waals surface area contributed by atoms with Gasteiger partial charge in [0.15, 0.2) is 12.4 Å². The van der Waals surface area contributed by atoms with Crippen LogP contribution in [0.4, 0.5) is 11.4 Å². The second-order valence-corrected chi connectivity index (χ2v) is 6.33. The highest BCUT2D eigenvalue weighted by Gasteiger charge is 2.05. The maximum atomic E-state index is 11.0. The molecular formula is C22H23N3O3. The highest BCUT2D eigenvalue weighted by Crippen LogP contribution is 2.24. The first-order valence-electron chi connectivity index (χ1n) is 8.68. The number of nitrogens with zero attached hydrogens (tertiary/aromatic N) is 1. The molecule has 1 heterocycles. The normalized spacial score (nSPS) is 9.82. The molecule has 0 aliphatic heterocycles. The molecule has 0 radical (unpaired) electrons. The molecule has 0 spiro atoms. The van der Waals surface area contributed by atoms with Gasteiger partial charge in [-0.3, -0.25) is 4.79 Å². The first-order chi connectivity index (χ1) is 13.3. The molecule has 1 aromatic heterocycles. The van der Waals surface area contributed by atoms with Gasteiger partial charge in [0, 0.05) is 23.0 Å². The van der Waals surface area contributed by atoms with Crippen molar-refractivity contribution < 1.29 is 19.3 Å². The van der Waals surface area contributed by atoms with Gasteiger partial charge in [0.25, 0.3) is 5.91 Å². The van der Waals surface area contributed by atoms with Gasteiger partial charge in [-0.15, -0.1) is 0 Å². The summed E-state index contributed by atoms with van der Waals surface area (Å²) >= 11 is 0. The largest absolute Gasteiger partial charge is 0.545 e. The monoisotopic (exact) mass is 377 g/mol. The van der Waals surface area contributed by atoms with Crippen molar-refractivity contribution in [2.45, 2.75) is 13.8 Å². The highest BCUT2D eigenvalue weighted by atomic mass is 16.4. The third kappa shape index (κ3) is 5.41. The van der Waals surface area contributed by atoms with Crippen molar-refractivity contribution >= 4 is 23.3 Å². The Balaban J connectivity index is 0.000000237. The number of nitrogens with two attached hydrogens (primary N) is 1. The zero-order valence-corrected chi connectivity index (χ0v) is 16.1. The third-order valence-electron chi connectivity index (χ3n) is 4.25. The Labute approximate surface area is 164 Å². The van der Waals surface area contributed by atoms with E-state index < -0.39 is 11.9 Å². The Morgan fingerprint density at radius 3 is 2.25 bits per heavy atom. The number of aromatic nitrogens is 1. The summed E-state index contributed by atoms with van der Waals surface area (Å²) in [6.07, 6.45) is 3.52. The summed E-state index contributed by atoms with van der Waals surface area (Å²) in [6.45, 7) is 4.02. The zero-order valence-electron chi connectivity index (χ0n) is 16.1. The van der Waals surface area contributed by atoms with E-state index in [9.17, 15) is 14.7 Å². The van der Waals surface area contributed by atoms with Crippen molar-refractivity contribution in [3.63, 3.8) is 0 Å². The number of aromatic carboxylic acids is 1. The number of carboxylic acids is 1. The highest BCUT2D eigenvalue weighted by molar-refractivity contribution is 5.94. The van der Waals surface area contributed by atoms with Gasteiger partial charge in [-0.1, -0.05) is 30.3 Å². The molecule has 0 aliphatic rings. The van der Waals surface area contributed by atoms with E-state index in [1.165, 1.54) is 6.07 Å². The second-order valence-electron chi connectivity index (χ2n) is 6.33. The number of hydrogen-bond donors (Lipinski definition) is 2.